The number of aromatic nitrogens is 2. The number of fused-ring (bicyclic) bond motifs is 1. The summed E-state index contributed by atoms with van der Waals surface area (Å²) >= 11 is 0. The average molecular weight is 482 g/mol. The Morgan fingerprint density at radius 1 is 0.971 bits per heavy atom. The molecule has 10 heteroatoms. The molecule has 0 radical (unpaired) electrons. The number of pyridine rings is 1. The maximum absolute atomic E-state index is 13.4. The first-order valence-corrected chi connectivity index (χ1v) is 11.4. The Balaban J connectivity index is 1.40. The number of halogens is 2. The third kappa shape index (κ3) is 4.31. The van der Waals surface area contributed by atoms with Crippen LogP contribution in [0, 0.1) is 0 Å². The fourth-order valence-corrected chi connectivity index (χ4v) is 4.64. The van der Waals surface area contributed by atoms with E-state index in [9.17, 15) is 28.6 Å². The number of carbonyl (C=O) groups is 2. The van der Waals surface area contributed by atoms with Crippen molar-refractivity contribution in [1.82, 2.24) is 19.4 Å². The molecule has 182 valence electrons. The first-order valence-electron chi connectivity index (χ1n) is 11.4. The van der Waals surface area contributed by atoms with Crippen LogP contribution < -0.4 is 0 Å². The molecule has 0 bridgehead atoms. The SMILES string of the molecule is O=C(c1cnc2c(ccn2-c2cccc(C(=O)N3CCCC3=C(O)O)c2)c1)N1CCC(F)(F)CC1. The predicted octanol–water partition coefficient (Wildman–Crippen LogP) is 4.42. The molecule has 2 aliphatic rings. The quantitative estimate of drug-likeness (QED) is 0.539. The minimum absolute atomic E-state index is 0.00762. The second-order valence-electron chi connectivity index (χ2n) is 8.85. The maximum atomic E-state index is 13.4. The molecule has 0 aliphatic carbocycles. The van der Waals surface area contributed by atoms with Crippen LogP contribution in [0.5, 0.6) is 0 Å². The molecule has 4 heterocycles. The average Bonchev–Trinajstić information content (AvgIpc) is 3.50. The molecule has 1 aromatic carbocycles. The first kappa shape index (κ1) is 22.8. The summed E-state index contributed by atoms with van der Waals surface area (Å²) in [5.74, 6) is -4.21. The molecule has 5 rings (SSSR count). The van der Waals surface area contributed by atoms with Gasteiger partial charge in [-0.25, -0.2) is 13.8 Å². The van der Waals surface area contributed by atoms with Gasteiger partial charge in [-0.2, -0.15) is 0 Å². The van der Waals surface area contributed by atoms with E-state index < -0.39 is 11.9 Å². The summed E-state index contributed by atoms with van der Waals surface area (Å²) in [6.45, 7) is 0.420. The zero-order chi connectivity index (χ0) is 24.7. The highest BCUT2D eigenvalue weighted by molar-refractivity contribution is 5.98. The lowest BCUT2D eigenvalue weighted by Gasteiger charge is -2.31. The third-order valence-corrected chi connectivity index (χ3v) is 6.55. The van der Waals surface area contributed by atoms with Crippen molar-refractivity contribution in [2.75, 3.05) is 19.6 Å². The zero-order valence-corrected chi connectivity index (χ0v) is 18.8. The summed E-state index contributed by atoms with van der Waals surface area (Å²) in [5.41, 5.74) is 2.18. The fraction of sp³-hybridized carbons (Fsp3) is 0.320. The van der Waals surface area contributed by atoms with Gasteiger partial charge in [0.05, 0.1) is 5.56 Å². The van der Waals surface area contributed by atoms with Crippen LogP contribution in [0.1, 0.15) is 46.4 Å². The minimum Gasteiger partial charge on any atom is -0.480 e. The molecule has 0 unspecified atom stereocenters. The van der Waals surface area contributed by atoms with Crippen molar-refractivity contribution in [3.8, 4) is 5.69 Å². The minimum atomic E-state index is -2.72. The standard InChI is InChI=1S/C25H24F2N4O4/c26-25(27)7-11-29(12-8-25)22(32)18-13-16-6-10-30(21(16)28-15-18)19-4-1-3-17(14-19)23(33)31-9-2-5-20(31)24(34)35/h1,3-4,6,10,13-15,34-35H,2,5,7-9,11-12H2. The maximum Gasteiger partial charge on any atom is 0.294 e. The van der Waals surface area contributed by atoms with E-state index in [-0.39, 0.29) is 43.4 Å². The molecule has 2 aromatic heterocycles. The number of hydrogen-bond acceptors (Lipinski definition) is 5. The number of amides is 2. The number of carbonyl (C=O) groups excluding carboxylic acids is 2. The number of piperidine rings is 1. The molecule has 0 atom stereocenters. The monoisotopic (exact) mass is 482 g/mol. The number of hydrogen-bond donors (Lipinski definition) is 2. The van der Waals surface area contributed by atoms with Crippen LogP contribution in [0.15, 0.2) is 60.4 Å². The Labute approximate surface area is 199 Å². The smallest absolute Gasteiger partial charge is 0.294 e. The lowest BCUT2D eigenvalue weighted by molar-refractivity contribution is -0.0494. The van der Waals surface area contributed by atoms with Crippen molar-refractivity contribution in [2.45, 2.75) is 31.6 Å². The van der Waals surface area contributed by atoms with Crippen molar-refractivity contribution in [3.05, 3.63) is 71.6 Å². The molecule has 2 aliphatic heterocycles. The molecular weight excluding hydrogens is 458 g/mol. The Morgan fingerprint density at radius 3 is 2.49 bits per heavy atom. The number of allylic oxidation sites excluding steroid dienone is 1. The van der Waals surface area contributed by atoms with Crippen molar-refractivity contribution in [1.29, 1.82) is 0 Å². The number of aliphatic hydroxyl groups is 2. The summed E-state index contributed by atoms with van der Waals surface area (Å²) in [5, 5.41) is 19.7. The summed E-state index contributed by atoms with van der Waals surface area (Å²) in [6.07, 6.45) is 3.60. The van der Waals surface area contributed by atoms with E-state index in [1.54, 1.807) is 41.1 Å². The van der Waals surface area contributed by atoms with Crippen molar-refractivity contribution in [2.24, 2.45) is 0 Å². The van der Waals surface area contributed by atoms with E-state index in [0.29, 0.717) is 47.2 Å². The van der Waals surface area contributed by atoms with E-state index in [0.717, 1.165) is 0 Å². The van der Waals surface area contributed by atoms with Gasteiger partial charge in [0.2, 0.25) is 0 Å². The van der Waals surface area contributed by atoms with Gasteiger partial charge >= 0.3 is 0 Å². The Morgan fingerprint density at radius 2 is 1.74 bits per heavy atom. The summed E-state index contributed by atoms with van der Waals surface area (Å²) in [4.78, 5) is 33.1. The van der Waals surface area contributed by atoms with Crippen molar-refractivity contribution < 1.29 is 28.6 Å². The molecule has 2 N–H and O–H groups in total. The molecule has 2 fully saturated rings. The van der Waals surface area contributed by atoms with E-state index in [2.05, 4.69) is 4.98 Å². The second kappa shape index (κ2) is 8.68. The molecule has 35 heavy (non-hydrogen) atoms. The molecule has 0 spiro atoms. The van der Waals surface area contributed by atoms with Crippen molar-refractivity contribution in [3.63, 3.8) is 0 Å². The number of likely N-dealkylation sites (tertiary alicyclic amines) is 2. The van der Waals surface area contributed by atoms with Crippen LogP contribution in [-0.2, 0) is 0 Å². The van der Waals surface area contributed by atoms with E-state index in [4.69, 9.17) is 0 Å². The summed E-state index contributed by atoms with van der Waals surface area (Å²) < 4.78 is 28.7. The van der Waals surface area contributed by atoms with Crippen LogP contribution in [0.3, 0.4) is 0 Å². The van der Waals surface area contributed by atoms with Gasteiger partial charge in [-0.3, -0.25) is 9.59 Å². The topological polar surface area (TPSA) is 98.9 Å². The Kier molecular flexibility index (Phi) is 5.66. The van der Waals surface area contributed by atoms with Gasteiger partial charge in [0.15, 0.2) is 0 Å². The highest BCUT2D eigenvalue weighted by atomic mass is 19.3. The number of rotatable bonds is 3. The van der Waals surface area contributed by atoms with Crippen LogP contribution >= 0.6 is 0 Å². The molecular formula is C25H24F2N4O4. The molecule has 2 saturated heterocycles. The molecule has 2 amide bonds. The van der Waals surface area contributed by atoms with E-state index in [1.165, 1.54) is 16.0 Å². The lowest BCUT2D eigenvalue weighted by atomic mass is 10.1. The first-order chi connectivity index (χ1) is 16.7. The summed E-state index contributed by atoms with van der Waals surface area (Å²) in [6, 6.07) is 10.4. The number of nitrogens with zero attached hydrogens (tertiary/aromatic N) is 4. The van der Waals surface area contributed by atoms with Gasteiger partial charge in [-0.1, -0.05) is 6.07 Å². The third-order valence-electron chi connectivity index (χ3n) is 6.55. The fourth-order valence-electron chi connectivity index (χ4n) is 4.64. The summed E-state index contributed by atoms with van der Waals surface area (Å²) in [7, 11) is 0. The van der Waals surface area contributed by atoms with Crippen LogP contribution in [0.2, 0.25) is 0 Å². The van der Waals surface area contributed by atoms with Gasteiger partial charge in [0, 0.05) is 61.5 Å². The number of benzene rings is 1. The lowest BCUT2D eigenvalue weighted by Crippen LogP contribution is -2.42. The van der Waals surface area contributed by atoms with Crippen molar-refractivity contribution >= 4 is 22.8 Å². The van der Waals surface area contributed by atoms with Crippen LogP contribution in [0.25, 0.3) is 16.7 Å². The largest absolute Gasteiger partial charge is 0.480 e. The second-order valence-corrected chi connectivity index (χ2v) is 8.85. The molecule has 8 nitrogen and oxygen atoms in total. The Bertz CT molecular complexity index is 1340. The predicted molar refractivity (Wildman–Crippen MR) is 124 cm³/mol. The normalized spacial score (nSPS) is 17.7. The van der Waals surface area contributed by atoms with Crippen LogP contribution in [-0.4, -0.2) is 66.9 Å². The van der Waals surface area contributed by atoms with Gasteiger partial charge in [-0.05, 0) is 43.2 Å². The highest BCUT2D eigenvalue weighted by Gasteiger charge is 2.36. The van der Waals surface area contributed by atoms with Gasteiger partial charge in [-0.15, -0.1) is 0 Å². The molecule has 3 aromatic rings. The van der Waals surface area contributed by atoms with Gasteiger partial charge in [0.1, 0.15) is 11.3 Å². The van der Waals surface area contributed by atoms with Gasteiger partial charge < -0.3 is 24.6 Å². The van der Waals surface area contributed by atoms with Gasteiger partial charge in [0.25, 0.3) is 23.7 Å². The highest BCUT2D eigenvalue weighted by Crippen LogP contribution is 2.29. The molecule has 0 saturated carbocycles. The zero-order valence-electron chi connectivity index (χ0n) is 18.8. The Hall–Kier alpha value is -3.95. The van der Waals surface area contributed by atoms with E-state index in [1.807, 2.05) is 6.07 Å². The van der Waals surface area contributed by atoms with E-state index >= 15 is 0 Å². The number of aliphatic hydroxyl groups excluding tert-OH is 1. The van der Waals surface area contributed by atoms with Crippen LogP contribution in [0.4, 0.5) is 8.78 Å². The number of alkyl halides is 2.